The average Bonchev–Trinajstić information content (AvgIpc) is 2.67. The highest BCUT2D eigenvalue weighted by Crippen LogP contribution is 2.30. The minimum Gasteiger partial charge on any atom is -0.318 e. The second kappa shape index (κ2) is 4.88. The van der Waals surface area contributed by atoms with Gasteiger partial charge in [-0.1, -0.05) is 45.9 Å². The Morgan fingerprint density at radius 3 is 2.82 bits per heavy atom. The van der Waals surface area contributed by atoms with Crippen LogP contribution in [0, 0.1) is 5.41 Å². The monoisotopic (exact) mass is 254 g/mol. The van der Waals surface area contributed by atoms with Gasteiger partial charge in [0.25, 0.3) is 0 Å². The van der Waals surface area contributed by atoms with Gasteiger partial charge in [0.2, 0.25) is 5.16 Å². The Bertz CT molecular complexity index is 380. The van der Waals surface area contributed by atoms with Crippen molar-refractivity contribution >= 4 is 11.8 Å². The Kier molecular flexibility index (Phi) is 3.66. The topological polar surface area (TPSA) is 42.7 Å². The molecule has 1 aromatic heterocycles. The third-order valence-corrected chi connectivity index (χ3v) is 4.19. The highest BCUT2D eigenvalue weighted by molar-refractivity contribution is 7.99. The Morgan fingerprint density at radius 2 is 2.18 bits per heavy atom. The van der Waals surface area contributed by atoms with Crippen molar-refractivity contribution in [1.29, 1.82) is 0 Å². The molecule has 17 heavy (non-hydrogen) atoms. The van der Waals surface area contributed by atoms with Gasteiger partial charge in [-0.05, 0) is 11.8 Å². The maximum absolute atomic E-state index is 4.28. The number of aryl methyl sites for hydroxylation is 1. The van der Waals surface area contributed by atoms with Crippen LogP contribution in [0.1, 0.15) is 46.4 Å². The van der Waals surface area contributed by atoms with E-state index >= 15 is 0 Å². The molecule has 1 atom stereocenters. The predicted molar refractivity (Wildman–Crippen MR) is 72.0 cm³/mol. The molecule has 2 heterocycles. The molecule has 1 aromatic rings. The first-order valence-corrected chi connectivity index (χ1v) is 7.34. The second-order valence-electron chi connectivity index (χ2n) is 5.70. The molecule has 0 fully saturated rings. The molecule has 4 nitrogen and oxygen atoms in total. The number of aromatic nitrogens is 3. The second-order valence-corrected chi connectivity index (χ2v) is 6.68. The number of rotatable bonds is 3. The molecule has 2 rings (SSSR count). The van der Waals surface area contributed by atoms with Crippen LogP contribution >= 0.6 is 11.8 Å². The van der Waals surface area contributed by atoms with E-state index in [0.29, 0.717) is 6.04 Å². The molecule has 0 bridgehead atoms. The minimum absolute atomic E-state index is 0.261. The first kappa shape index (κ1) is 12.7. The molecule has 1 N–H and O–H groups in total. The zero-order valence-electron chi connectivity index (χ0n) is 11.2. The largest absolute Gasteiger partial charge is 0.318 e. The van der Waals surface area contributed by atoms with Crippen molar-refractivity contribution in [3.63, 3.8) is 0 Å². The van der Waals surface area contributed by atoms with E-state index in [1.165, 1.54) is 12.8 Å². The summed E-state index contributed by atoms with van der Waals surface area (Å²) in [5, 5.41) is 9.53. The third-order valence-electron chi connectivity index (χ3n) is 3.16. The van der Waals surface area contributed by atoms with Crippen molar-refractivity contribution in [1.82, 2.24) is 14.9 Å². The van der Waals surface area contributed by atoms with E-state index in [9.17, 15) is 0 Å². The van der Waals surface area contributed by atoms with Crippen LogP contribution in [0.2, 0.25) is 0 Å². The SMILES string of the molecule is CCCCc1nnc2n1NC(C(C)(C)C)CS2. The van der Waals surface area contributed by atoms with E-state index in [2.05, 4.69) is 48.0 Å². The smallest absolute Gasteiger partial charge is 0.210 e. The normalized spacial score (nSPS) is 19.9. The fraction of sp³-hybridized carbons (Fsp3) is 0.833. The quantitative estimate of drug-likeness (QED) is 0.900. The molecule has 0 aromatic carbocycles. The molecule has 0 saturated heterocycles. The predicted octanol–water partition coefficient (Wildman–Crippen LogP) is 2.68. The lowest BCUT2D eigenvalue weighted by Crippen LogP contribution is -2.44. The van der Waals surface area contributed by atoms with Crippen molar-refractivity contribution in [2.24, 2.45) is 5.41 Å². The fourth-order valence-corrected chi connectivity index (χ4v) is 3.09. The van der Waals surface area contributed by atoms with Crippen molar-refractivity contribution in [3.05, 3.63) is 5.82 Å². The summed E-state index contributed by atoms with van der Waals surface area (Å²) >= 11 is 1.80. The zero-order valence-corrected chi connectivity index (χ0v) is 12.0. The summed E-state index contributed by atoms with van der Waals surface area (Å²) in [6.45, 7) is 9.01. The molecule has 0 aliphatic carbocycles. The Morgan fingerprint density at radius 1 is 1.41 bits per heavy atom. The number of nitrogens with one attached hydrogen (secondary N) is 1. The van der Waals surface area contributed by atoms with Crippen molar-refractivity contribution in [2.75, 3.05) is 11.2 Å². The molecule has 1 aliphatic rings. The Labute approximate surface area is 108 Å². The summed E-state index contributed by atoms with van der Waals surface area (Å²) in [5.41, 5.74) is 3.83. The molecule has 0 spiro atoms. The zero-order chi connectivity index (χ0) is 12.5. The molecule has 0 saturated carbocycles. The van der Waals surface area contributed by atoms with Crippen molar-refractivity contribution in [3.8, 4) is 0 Å². The highest BCUT2D eigenvalue weighted by atomic mass is 32.2. The van der Waals surface area contributed by atoms with E-state index < -0.39 is 0 Å². The molecule has 0 amide bonds. The Balaban J connectivity index is 2.14. The molecule has 96 valence electrons. The summed E-state index contributed by atoms with van der Waals surface area (Å²) in [5.74, 6) is 2.14. The summed E-state index contributed by atoms with van der Waals surface area (Å²) in [6, 6.07) is 0.469. The summed E-state index contributed by atoms with van der Waals surface area (Å²) in [6.07, 6.45) is 3.37. The molecular weight excluding hydrogens is 232 g/mol. The van der Waals surface area contributed by atoms with E-state index in [1.807, 2.05) is 0 Å². The minimum atomic E-state index is 0.261. The molecule has 0 radical (unpaired) electrons. The van der Waals surface area contributed by atoms with Crippen molar-refractivity contribution in [2.45, 2.75) is 58.2 Å². The number of hydrogen-bond acceptors (Lipinski definition) is 4. The number of hydrogen-bond donors (Lipinski definition) is 1. The highest BCUT2D eigenvalue weighted by Gasteiger charge is 2.30. The van der Waals surface area contributed by atoms with Gasteiger partial charge >= 0.3 is 0 Å². The number of nitrogens with zero attached hydrogens (tertiary/aromatic N) is 3. The van der Waals surface area contributed by atoms with E-state index in [0.717, 1.165) is 23.2 Å². The van der Waals surface area contributed by atoms with Gasteiger partial charge in [0.1, 0.15) is 0 Å². The Hall–Kier alpha value is -0.710. The first-order valence-electron chi connectivity index (χ1n) is 6.36. The van der Waals surface area contributed by atoms with E-state index in [-0.39, 0.29) is 5.41 Å². The van der Waals surface area contributed by atoms with Gasteiger partial charge in [0.05, 0.1) is 6.04 Å². The number of fused-ring (bicyclic) bond motifs is 1. The van der Waals surface area contributed by atoms with Gasteiger partial charge in [-0.15, -0.1) is 10.2 Å². The van der Waals surface area contributed by atoms with Crippen LogP contribution in [0.5, 0.6) is 0 Å². The van der Waals surface area contributed by atoms with Gasteiger partial charge in [-0.3, -0.25) is 0 Å². The van der Waals surface area contributed by atoms with E-state index in [1.54, 1.807) is 11.8 Å². The molecule has 1 unspecified atom stereocenters. The van der Waals surface area contributed by atoms with Crippen LogP contribution in [-0.2, 0) is 6.42 Å². The van der Waals surface area contributed by atoms with Gasteiger partial charge in [0.15, 0.2) is 5.82 Å². The van der Waals surface area contributed by atoms with Crippen LogP contribution in [0.15, 0.2) is 5.16 Å². The lowest BCUT2D eigenvalue weighted by Gasteiger charge is -2.35. The lowest BCUT2D eigenvalue weighted by molar-refractivity contribution is 0.335. The van der Waals surface area contributed by atoms with E-state index in [4.69, 9.17) is 0 Å². The van der Waals surface area contributed by atoms with Crippen molar-refractivity contribution < 1.29 is 0 Å². The standard InChI is InChI=1S/C12H22N4S/c1-5-6-7-10-13-14-11-16(10)15-9(8-17-11)12(2,3)4/h9,15H,5-8H2,1-4H3. The maximum Gasteiger partial charge on any atom is 0.210 e. The number of thioether (sulfide) groups is 1. The van der Waals surface area contributed by atoms with Gasteiger partial charge in [-0.2, -0.15) is 0 Å². The van der Waals surface area contributed by atoms with Crippen LogP contribution in [0.3, 0.4) is 0 Å². The van der Waals surface area contributed by atoms with Crippen LogP contribution in [0.4, 0.5) is 0 Å². The van der Waals surface area contributed by atoms with Crippen LogP contribution in [-0.4, -0.2) is 26.7 Å². The van der Waals surface area contributed by atoms with Crippen LogP contribution in [0.25, 0.3) is 0 Å². The fourth-order valence-electron chi connectivity index (χ4n) is 1.81. The maximum atomic E-state index is 4.28. The van der Waals surface area contributed by atoms with Gasteiger partial charge in [-0.25, -0.2) is 4.68 Å². The number of unbranched alkanes of at least 4 members (excludes halogenated alkanes) is 1. The van der Waals surface area contributed by atoms with Crippen LogP contribution < -0.4 is 5.43 Å². The third kappa shape index (κ3) is 2.76. The lowest BCUT2D eigenvalue weighted by atomic mass is 9.88. The summed E-state index contributed by atoms with van der Waals surface area (Å²) < 4.78 is 2.10. The summed E-state index contributed by atoms with van der Waals surface area (Å²) in [4.78, 5) is 0. The van der Waals surface area contributed by atoms with Gasteiger partial charge < -0.3 is 5.43 Å². The molecule has 5 heteroatoms. The first-order chi connectivity index (χ1) is 8.02. The molecular formula is C12H22N4S. The van der Waals surface area contributed by atoms with Gasteiger partial charge in [0, 0.05) is 12.2 Å². The summed E-state index contributed by atoms with van der Waals surface area (Å²) in [7, 11) is 0. The molecule has 1 aliphatic heterocycles. The average molecular weight is 254 g/mol.